The van der Waals surface area contributed by atoms with Gasteiger partial charge in [-0.25, -0.2) is 5.43 Å². The molecule has 4 rings (SSSR count). The summed E-state index contributed by atoms with van der Waals surface area (Å²) in [5.74, 6) is 1.64. The summed E-state index contributed by atoms with van der Waals surface area (Å²) in [6.45, 7) is 0.224. The van der Waals surface area contributed by atoms with E-state index in [4.69, 9.17) is 9.47 Å². The summed E-state index contributed by atoms with van der Waals surface area (Å²) >= 11 is 3.46. The molecule has 1 heterocycles. The Morgan fingerprint density at radius 2 is 1.96 bits per heavy atom. The van der Waals surface area contributed by atoms with Crippen LogP contribution in [0.15, 0.2) is 52.0 Å². The highest BCUT2D eigenvalue weighted by atomic mass is 79.9. The Balaban J connectivity index is 1.37. The van der Waals surface area contributed by atoms with Gasteiger partial charge in [0.05, 0.1) is 6.21 Å². The van der Waals surface area contributed by atoms with Crippen molar-refractivity contribution in [2.45, 2.75) is 12.3 Å². The fourth-order valence-electron chi connectivity index (χ4n) is 2.83. The number of hydrogen-bond donors (Lipinski definition) is 1. The van der Waals surface area contributed by atoms with Crippen LogP contribution in [0.5, 0.6) is 11.5 Å². The van der Waals surface area contributed by atoms with Crippen LogP contribution in [0.3, 0.4) is 0 Å². The Bertz CT molecular complexity index is 807. The van der Waals surface area contributed by atoms with E-state index in [9.17, 15) is 4.79 Å². The normalized spacial score (nSPS) is 21.0. The first-order valence-corrected chi connectivity index (χ1v) is 8.48. The Morgan fingerprint density at radius 3 is 2.75 bits per heavy atom. The number of ether oxygens (including phenoxy) is 2. The summed E-state index contributed by atoms with van der Waals surface area (Å²) in [5.41, 5.74) is 4.65. The van der Waals surface area contributed by atoms with Crippen molar-refractivity contribution in [1.82, 2.24) is 5.43 Å². The van der Waals surface area contributed by atoms with Gasteiger partial charge in [0, 0.05) is 16.0 Å². The van der Waals surface area contributed by atoms with Gasteiger partial charge >= 0.3 is 0 Å². The van der Waals surface area contributed by atoms with Crippen molar-refractivity contribution >= 4 is 28.1 Å². The first kappa shape index (κ1) is 15.2. The van der Waals surface area contributed by atoms with Gasteiger partial charge in [0.1, 0.15) is 0 Å². The lowest BCUT2D eigenvalue weighted by Gasteiger charge is -2.02. The molecule has 122 valence electrons. The zero-order valence-corrected chi connectivity index (χ0v) is 14.3. The zero-order chi connectivity index (χ0) is 16.5. The second kappa shape index (κ2) is 6.28. The van der Waals surface area contributed by atoms with Crippen molar-refractivity contribution in [3.05, 3.63) is 58.1 Å². The van der Waals surface area contributed by atoms with Gasteiger partial charge in [0.25, 0.3) is 0 Å². The molecule has 1 amide bonds. The third kappa shape index (κ3) is 3.01. The fourth-order valence-corrected chi connectivity index (χ4v) is 3.26. The van der Waals surface area contributed by atoms with Crippen LogP contribution in [0.2, 0.25) is 0 Å². The molecule has 2 atom stereocenters. The zero-order valence-electron chi connectivity index (χ0n) is 12.7. The van der Waals surface area contributed by atoms with Crippen molar-refractivity contribution in [1.29, 1.82) is 0 Å². The number of hydrazone groups is 1. The molecule has 1 fully saturated rings. The molecule has 0 bridgehead atoms. The van der Waals surface area contributed by atoms with E-state index >= 15 is 0 Å². The van der Waals surface area contributed by atoms with Gasteiger partial charge < -0.3 is 9.47 Å². The maximum absolute atomic E-state index is 12.2. The number of fused-ring (bicyclic) bond motifs is 1. The SMILES string of the molecule is O=C(NN=Cc1cc2c(cc1Br)OCO2)C1CC1c1ccccc1. The largest absolute Gasteiger partial charge is 0.454 e. The first-order chi connectivity index (χ1) is 11.7. The smallest absolute Gasteiger partial charge is 0.243 e. The second-order valence-electron chi connectivity index (χ2n) is 5.82. The van der Waals surface area contributed by atoms with E-state index in [-0.39, 0.29) is 18.6 Å². The van der Waals surface area contributed by atoms with Gasteiger partial charge in [-0.2, -0.15) is 5.10 Å². The predicted octanol–water partition coefficient (Wildman–Crippen LogP) is 3.43. The summed E-state index contributed by atoms with van der Waals surface area (Å²) in [4.78, 5) is 12.2. The van der Waals surface area contributed by atoms with Crippen LogP contribution >= 0.6 is 15.9 Å². The molecule has 2 aliphatic rings. The summed E-state index contributed by atoms with van der Waals surface area (Å²) in [5, 5.41) is 4.07. The molecule has 24 heavy (non-hydrogen) atoms. The highest BCUT2D eigenvalue weighted by Gasteiger charge is 2.43. The Morgan fingerprint density at radius 1 is 1.21 bits per heavy atom. The molecule has 0 aromatic heterocycles. The number of hydrogen-bond acceptors (Lipinski definition) is 4. The number of nitrogens with one attached hydrogen (secondary N) is 1. The average molecular weight is 387 g/mol. The van der Waals surface area contributed by atoms with Crippen LogP contribution in [-0.2, 0) is 4.79 Å². The highest BCUT2D eigenvalue weighted by Crippen LogP contribution is 2.47. The lowest BCUT2D eigenvalue weighted by molar-refractivity contribution is -0.122. The van der Waals surface area contributed by atoms with Crippen molar-refractivity contribution in [2.24, 2.45) is 11.0 Å². The second-order valence-corrected chi connectivity index (χ2v) is 6.67. The van der Waals surface area contributed by atoms with E-state index < -0.39 is 0 Å². The van der Waals surface area contributed by atoms with Crippen LogP contribution in [0, 0.1) is 5.92 Å². The highest BCUT2D eigenvalue weighted by molar-refractivity contribution is 9.10. The fraction of sp³-hybridized carbons (Fsp3) is 0.222. The number of carbonyl (C=O) groups excluding carboxylic acids is 1. The van der Waals surface area contributed by atoms with E-state index in [1.807, 2.05) is 30.3 Å². The molecule has 2 aromatic rings. The molecular formula is C18H15BrN2O3. The van der Waals surface area contributed by atoms with Gasteiger partial charge in [-0.15, -0.1) is 0 Å². The van der Waals surface area contributed by atoms with Gasteiger partial charge in [0.15, 0.2) is 11.5 Å². The first-order valence-electron chi connectivity index (χ1n) is 7.69. The van der Waals surface area contributed by atoms with Crippen molar-refractivity contribution in [3.63, 3.8) is 0 Å². The maximum Gasteiger partial charge on any atom is 0.243 e. The molecule has 2 unspecified atom stereocenters. The Hall–Kier alpha value is -2.34. The van der Waals surface area contributed by atoms with E-state index in [1.54, 1.807) is 6.21 Å². The predicted molar refractivity (Wildman–Crippen MR) is 93.3 cm³/mol. The van der Waals surface area contributed by atoms with Gasteiger partial charge in [-0.05, 0) is 46.0 Å². The lowest BCUT2D eigenvalue weighted by atomic mass is 10.1. The average Bonchev–Trinajstić information content (AvgIpc) is 3.28. The van der Waals surface area contributed by atoms with E-state index in [0.29, 0.717) is 17.4 Å². The molecule has 5 nitrogen and oxygen atoms in total. The van der Waals surface area contributed by atoms with E-state index in [0.717, 1.165) is 16.5 Å². The minimum atomic E-state index is -0.0445. The van der Waals surface area contributed by atoms with Crippen molar-refractivity contribution < 1.29 is 14.3 Å². The molecule has 0 saturated heterocycles. The maximum atomic E-state index is 12.2. The van der Waals surface area contributed by atoms with E-state index in [2.05, 4.69) is 38.6 Å². The summed E-state index contributed by atoms with van der Waals surface area (Å²) in [6, 6.07) is 13.8. The molecule has 0 radical (unpaired) electrons. The third-order valence-corrected chi connectivity index (χ3v) is 4.91. The van der Waals surface area contributed by atoms with Crippen LogP contribution in [0.25, 0.3) is 0 Å². The molecule has 6 heteroatoms. The quantitative estimate of drug-likeness (QED) is 0.646. The van der Waals surface area contributed by atoms with Gasteiger partial charge in [0.2, 0.25) is 12.7 Å². The third-order valence-electron chi connectivity index (χ3n) is 4.23. The minimum Gasteiger partial charge on any atom is -0.454 e. The van der Waals surface area contributed by atoms with Crippen LogP contribution in [-0.4, -0.2) is 18.9 Å². The molecule has 1 aliphatic carbocycles. The Kier molecular flexibility index (Phi) is 3.98. The standard InChI is InChI=1S/C18H15BrN2O3/c19-15-8-17-16(23-10-24-17)6-12(15)9-20-21-18(22)14-7-13(14)11-4-2-1-3-5-11/h1-6,8-9,13-14H,7,10H2,(H,21,22). The number of carbonyl (C=O) groups is 1. The number of amides is 1. The molecule has 1 N–H and O–H groups in total. The monoisotopic (exact) mass is 386 g/mol. The van der Waals surface area contributed by atoms with Crippen molar-refractivity contribution in [2.75, 3.05) is 6.79 Å². The topological polar surface area (TPSA) is 59.9 Å². The van der Waals surface area contributed by atoms with Crippen LogP contribution in [0.4, 0.5) is 0 Å². The van der Waals surface area contributed by atoms with Crippen LogP contribution in [0.1, 0.15) is 23.5 Å². The summed E-state index contributed by atoms with van der Waals surface area (Å²) in [6.07, 6.45) is 2.48. The summed E-state index contributed by atoms with van der Waals surface area (Å²) in [7, 11) is 0. The lowest BCUT2D eigenvalue weighted by Crippen LogP contribution is -2.20. The van der Waals surface area contributed by atoms with Gasteiger partial charge in [-0.1, -0.05) is 30.3 Å². The summed E-state index contributed by atoms with van der Waals surface area (Å²) < 4.78 is 11.5. The molecule has 0 spiro atoms. The number of benzene rings is 2. The number of halogens is 1. The van der Waals surface area contributed by atoms with E-state index in [1.165, 1.54) is 5.56 Å². The van der Waals surface area contributed by atoms with Gasteiger partial charge in [-0.3, -0.25) is 4.79 Å². The molecule has 1 aliphatic heterocycles. The van der Waals surface area contributed by atoms with Crippen molar-refractivity contribution in [3.8, 4) is 11.5 Å². The number of rotatable bonds is 4. The van der Waals surface area contributed by atoms with Crippen LogP contribution < -0.4 is 14.9 Å². The Labute approximate surface area is 147 Å². The number of nitrogens with zero attached hydrogens (tertiary/aromatic N) is 1. The molecular weight excluding hydrogens is 372 g/mol. The molecule has 1 saturated carbocycles. The minimum absolute atomic E-state index is 0.00439. The molecule has 2 aromatic carbocycles.